The maximum Gasteiger partial charge on any atom is 0.303 e. The topological polar surface area (TPSA) is 69.6 Å². The summed E-state index contributed by atoms with van der Waals surface area (Å²) in [7, 11) is 2.03. The number of carboxylic acid groups (broad SMARTS) is 1. The first-order valence-corrected chi connectivity index (χ1v) is 15.8. The van der Waals surface area contributed by atoms with Gasteiger partial charge >= 0.3 is 5.97 Å². The average Bonchev–Trinajstić information content (AvgIpc) is 3.00. The van der Waals surface area contributed by atoms with E-state index in [-0.39, 0.29) is 5.92 Å². The van der Waals surface area contributed by atoms with Crippen LogP contribution in [0.2, 0.25) is 0 Å². The standard InChI is InChI=1S/C25H28N2.C8H8O.C6H10O2/c1-26-17-18-27-19-23(15-16-24(27)20-13-8-14-20)25(21-9-4-2-5-10-21)22-11-6-3-7-12-22;1-7-3-2-4-8(5-7)6-9;7-6(8)4-5-2-1-3-5/h2-7,9-12,15-16,19,25-26H,8,13-14,17-18H2,1H3;2-6H,1H3;5H,1-4H2,(H,7,8). The van der Waals surface area contributed by atoms with Crippen LogP contribution in [0.25, 0.3) is 0 Å². The third-order valence-electron chi connectivity index (χ3n) is 8.44. The van der Waals surface area contributed by atoms with Gasteiger partial charge in [0.15, 0.2) is 0 Å². The minimum absolute atomic E-state index is 0.258. The fourth-order valence-electron chi connectivity index (χ4n) is 5.64. The maximum atomic E-state index is 10.2. The number of carbonyl (C=O) groups is 2. The fourth-order valence-corrected chi connectivity index (χ4v) is 5.64. The predicted octanol–water partition coefficient (Wildman–Crippen LogP) is 8.30. The van der Waals surface area contributed by atoms with Crippen molar-refractivity contribution in [3.05, 3.63) is 142 Å². The zero-order valence-corrected chi connectivity index (χ0v) is 26.1. The lowest BCUT2D eigenvalue weighted by Gasteiger charge is -2.33. The molecule has 1 aliphatic heterocycles. The van der Waals surface area contributed by atoms with Gasteiger partial charge in [0.1, 0.15) is 6.29 Å². The highest BCUT2D eigenvalue weighted by molar-refractivity contribution is 5.74. The van der Waals surface area contributed by atoms with Crippen LogP contribution in [0.1, 0.15) is 77.9 Å². The number of aldehydes is 1. The van der Waals surface area contributed by atoms with E-state index in [1.54, 1.807) is 11.6 Å². The van der Waals surface area contributed by atoms with Crippen LogP contribution < -0.4 is 5.32 Å². The molecule has 0 aromatic heterocycles. The number of nitrogens with zero attached hydrogens (tertiary/aromatic N) is 1. The second-order valence-corrected chi connectivity index (χ2v) is 11.8. The van der Waals surface area contributed by atoms with E-state index in [1.807, 2.05) is 32.2 Å². The van der Waals surface area contributed by atoms with Gasteiger partial charge in [-0.25, -0.2) is 0 Å². The Morgan fingerprint density at radius 2 is 1.59 bits per heavy atom. The fraction of sp³-hybridized carbons (Fsp3) is 0.333. The second kappa shape index (κ2) is 17.2. The van der Waals surface area contributed by atoms with Gasteiger partial charge in [0.25, 0.3) is 0 Å². The Kier molecular flexibility index (Phi) is 12.8. The Hall–Kier alpha value is -4.22. The number of carbonyl (C=O) groups excluding carboxylic acids is 1. The van der Waals surface area contributed by atoms with Crippen molar-refractivity contribution in [3.8, 4) is 0 Å². The van der Waals surface area contributed by atoms with Crippen molar-refractivity contribution in [1.29, 1.82) is 0 Å². The molecule has 6 rings (SSSR count). The van der Waals surface area contributed by atoms with E-state index in [1.165, 1.54) is 48.1 Å². The summed E-state index contributed by atoms with van der Waals surface area (Å²) in [6.07, 6.45) is 15.6. The summed E-state index contributed by atoms with van der Waals surface area (Å²) in [5.74, 6) is 0.121. The maximum absolute atomic E-state index is 10.2. The minimum atomic E-state index is -0.644. The van der Waals surface area contributed by atoms with E-state index in [0.717, 1.165) is 43.3 Å². The van der Waals surface area contributed by atoms with Crippen molar-refractivity contribution in [2.45, 2.75) is 57.8 Å². The summed E-state index contributed by atoms with van der Waals surface area (Å²) in [6.45, 7) is 3.95. The Bertz CT molecular complexity index is 1390. The van der Waals surface area contributed by atoms with E-state index in [2.05, 4.69) is 89.2 Å². The third-order valence-corrected chi connectivity index (χ3v) is 8.44. The summed E-state index contributed by atoms with van der Waals surface area (Å²) >= 11 is 0. The van der Waals surface area contributed by atoms with Crippen molar-refractivity contribution < 1.29 is 14.7 Å². The van der Waals surface area contributed by atoms with Gasteiger partial charge in [0, 0.05) is 42.9 Å². The first-order valence-electron chi connectivity index (χ1n) is 15.8. The lowest BCUT2D eigenvalue weighted by atomic mass is 9.83. The Balaban J connectivity index is 0.000000211. The Morgan fingerprint density at radius 3 is 2.02 bits per heavy atom. The van der Waals surface area contributed by atoms with Crippen molar-refractivity contribution in [2.75, 3.05) is 20.1 Å². The number of hydrogen-bond donors (Lipinski definition) is 2. The number of carboxylic acids is 1. The molecule has 230 valence electrons. The molecular formula is C39H46N2O3. The molecule has 2 saturated carbocycles. The van der Waals surface area contributed by atoms with Crippen molar-refractivity contribution >= 4 is 12.3 Å². The van der Waals surface area contributed by atoms with Gasteiger partial charge < -0.3 is 15.3 Å². The molecule has 5 heteroatoms. The van der Waals surface area contributed by atoms with Crippen LogP contribution in [0.4, 0.5) is 0 Å². The highest BCUT2D eigenvalue weighted by atomic mass is 16.4. The minimum Gasteiger partial charge on any atom is -0.481 e. The molecule has 2 N–H and O–H groups in total. The summed E-state index contributed by atoms with van der Waals surface area (Å²) in [6, 6.07) is 29.2. The summed E-state index contributed by atoms with van der Waals surface area (Å²) < 4.78 is 0. The molecule has 3 aromatic carbocycles. The van der Waals surface area contributed by atoms with E-state index in [0.29, 0.717) is 12.3 Å². The number of nitrogens with one attached hydrogen (secondary N) is 1. The molecule has 0 amide bonds. The Morgan fingerprint density at radius 1 is 0.932 bits per heavy atom. The number of aryl methyl sites for hydroxylation is 1. The van der Waals surface area contributed by atoms with Crippen molar-refractivity contribution in [3.63, 3.8) is 0 Å². The molecule has 0 spiro atoms. The molecule has 3 aromatic rings. The van der Waals surface area contributed by atoms with E-state index in [4.69, 9.17) is 5.11 Å². The van der Waals surface area contributed by atoms with Crippen LogP contribution in [0.5, 0.6) is 0 Å². The van der Waals surface area contributed by atoms with Gasteiger partial charge in [0.05, 0.1) is 0 Å². The van der Waals surface area contributed by atoms with Gasteiger partial charge in [-0.3, -0.25) is 9.59 Å². The summed E-state index contributed by atoms with van der Waals surface area (Å²) in [4.78, 5) is 22.6. The number of allylic oxidation sites excluding steroid dienone is 4. The zero-order valence-electron chi connectivity index (χ0n) is 26.1. The van der Waals surface area contributed by atoms with Gasteiger partial charge in [-0.05, 0) is 86.4 Å². The molecule has 44 heavy (non-hydrogen) atoms. The van der Waals surface area contributed by atoms with Gasteiger partial charge in [-0.2, -0.15) is 0 Å². The largest absolute Gasteiger partial charge is 0.481 e. The molecule has 1 heterocycles. The average molecular weight is 591 g/mol. The van der Waals surface area contributed by atoms with Crippen molar-refractivity contribution in [2.24, 2.45) is 5.92 Å². The lowest BCUT2D eigenvalue weighted by Crippen LogP contribution is -2.29. The molecular weight excluding hydrogens is 544 g/mol. The molecule has 0 saturated heterocycles. The van der Waals surface area contributed by atoms with Crippen molar-refractivity contribution in [1.82, 2.24) is 10.2 Å². The van der Waals surface area contributed by atoms with Crippen LogP contribution in [0, 0.1) is 12.8 Å². The number of aliphatic carboxylic acids is 1. The SMILES string of the molecule is CNCCN1C=C(C(c2ccccc2)c2ccccc2)C=CC1=C1CCC1.Cc1cccc(C=O)c1.O=C(O)CC1CCC1. The lowest BCUT2D eigenvalue weighted by molar-refractivity contribution is -0.138. The van der Waals surface area contributed by atoms with E-state index < -0.39 is 5.97 Å². The number of benzene rings is 3. The summed E-state index contributed by atoms with van der Waals surface area (Å²) in [5.41, 5.74) is 8.93. The monoisotopic (exact) mass is 590 g/mol. The first kappa shape index (κ1) is 32.7. The predicted molar refractivity (Wildman–Crippen MR) is 180 cm³/mol. The molecule has 0 unspecified atom stereocenters. The third kappa shape index (κ3) is 9.65. The Labute approximate surface area is 263 Å². The molecule has 5 nitrogen and oxygen atoms in total. The second-order valence-electron chi connectivity index (χ2n) is 11.8. The van der Waals surface area contributed by atoms with Gasteiger partial charge in [-0.15, -0.1) is 0 Å². The van der Waals surface area contributed by atoms with Crippen LogP contribution in [-0.4, -0.2) is 42.4 Å². The van der Waals surface area contributed by atoms with E-state index >= 15 is 0 Å². The van der Waals surface area contributed by atoms with Crippen LogP contribution in [-0.2, 0) is 4.79 Å². The zero-order chi connectivity index (χ0) is 31.1. The quantitative estimate of drug-likeness (QED) is 0.245. The van der Waals surface area contributed by atoms with E-state index in [9.17, 15) is 9.59 Å². The van der Waals surface area contributed by atoms with Crippen LogP contribution in [0.15, 0.2) is 120 Å². The normalized spacial score (nSPS) is 15.6. The van der Waals surface area contributed by atoms with Gasteiger partial charge in [-0.1, -0.05) is 96.9 Å². The number of hydrogen-bond acceptors (Lipinski definition) is 4. The van der Waals surface area contributed by atoms with Gasteiger partial charge in [0.2, 0.25) is 0 Å². The first-order chi connectivity index (χ1) is 21.5. The highest BCUT2D eigenvalue weighted by Crippen LogP contribution is 2.38. The molecule has 2 aliphatic carbocycles. The number of likely N-dealkylation sites (N-methyl/N-ethyl adjacent to an activating group) is 1. The van der Waals surface area contributed by atoms with Crippen LogP contribution in [0.3, 0.4) is 0 Å². The number of rotatable bonds is 9. The van der Waals surface area contributed by atoms with Crippen LogP contribution >= 0.6 is 0 Å². The summed E-state index contributed by atoms with van der Waals surface area (Å²) in [5, 5.41) is 11.5. The smallest absolute Gasteiger partial charge is 0.303 e. The molecule has 0 bridgehead atoms. The molecule has 3 aliphatic rings. The highest BCUT2D eigenvalue weighted by Gasteiger charge is 2.24. The molecule has 0 atom stereocenters. The molecule has 0 radical (unpaired) electrons. The molecule has 2 fully saturated rings.